The average molecular weight is 1690 g/mol. The first-order valence-electron chi connectivity index (χ1n) is 38.5. The third-order valence-corrected chi connectivity index (χ3v) is 19.0. The van der Waals surface area contributed by atoms with Crippen molar-refractivity contribution in [1.29, 1.82) is 0 Å². The Morgan fingerprint density at radius 1 is 0.534 bits per heavy atom. The van der Waals surface area contributed by atoms with Gasteiger partial charge in [0.05, 0.1) is 172 Å². The van der Waals surface area contributed by atoms with Crippen LogP contribution in [0.3, 0.4) is 0 Å². The number of hydrogen-bond acceptors (Lipinski definition) is 27. The van der Waals surface area contributed by atoms with E-state index in [-0.39, 0.29) is 128 Å². The molecule has 118 heavy (non-hydrogen) atoms. The van der Waals surface area contributed by atoms with Gasteiger partial charge in [0.25, 0.3) is 0 Å². The number of carboxylic acid groups (broad SMARTS) is 2. The van der Waals surface area contributed by atoms with Crippen molar-refractivity contribution in [2.45, 2.75) is 87.8 Å². The van der Waals surface area contributed by atoms with E-state index in [4.69, 9.17) is 86.5 Å². The summed E-state index contributed by atoms with van der Waals surface area (Å²) >= 11 is 4.88. The molecule has 4 radical (unpaired) electrons. The third kappa shape index (κ3) is 39.0. The van der Waals surface area contributed by atoms with Gasteiger partial charge < -0.3 is 87.2 Å². The quantitative estimate of drug-likeness (QED) is 0.00739. The molecule has 0 bridgehead atoms. The predicted molar refractivity (Wildman–Crippen MR) is 433 cm³/mol. The molecule has 5 atom stereocenters. The van der Waals surface area contributed by atoms with Gasteiger partial charge in [-0.2, -0.15) is 22.2 Å². The number of fused-ring (bicyclic) bond motifs is 2. The molecule has 30 nitrogen and oxygen atoms in total. The van der Waals surface area contributed by atoms with Gasteiger partial charge in [-0.1, -0.05) is 85.4 Å². The van der Waals surface area contributed by atoms with Crippen molar-refractivity contribution >= 4 is 110 Å². The van der Waals surface area contributed by atoms with Crippen LogP contribution in [0.2, 0.25) is 12.6 Å². The van der Waals surface area contributed by atoms with Crippen LogP contribution in [-0.2, 0) is 118 Å². The minimum Gasteiger partial charge on any atom is -0.505 e. The molecule has 4 aromatic rings. The van der Waals surface area contributed by atoms with E-state index in [1.54, 1.807) is 30.3 Å². The standard InChI is InChI=1S/C52H57BF2N2O15S.C29H46BNO10S.CO2/c53-12-4-13-66-15-17-68-19-21-70-23-24-71-22-20-69-18-16-67-14-11-37(58)26-35(25-33-5-2-1-3-6-33)50(62)56-42(52(64)65)32-73-47-31-48(61)57(51(47)63)36-9-7-34(8-10-36)49-38-27-40(54)43(59)29-45(38)72-46-30-44(60)41(55)28-39(46)49;30-8-4-9-36-11-13-38-15-17-40-19-20-41-18-16-39-14-12-37-10-7-26(32)22-25(21-24-5-2-1-3-6-24)28(33)31-27(23-42)29(34)35;2-1-3/h1-3,5-10,27-30,35,42,47,59H,4,11-26,31-32H2,(H,56,62)(H,64,65);1-3,5-6,25,27,42H,4,7-23H2,(H,31,33)(H,34,35);/t35-,42+,47?;25-,27+;/m11./s1. The number of imide groups is 1. The van der Waals surface area contributed by atoms with E-state index >= 15 is 0 Å². The first-order chi connectivity index (χ1) is 57.2. The molecular formula is C82H103B2F2N3O27S2. The lowest BCUT2D eigenvalue weighted by Crippen LogP contribution is -2.46. The maximum absolute atomic E-state index is 14.6. The van der Waals surface area contributed by atoms with E-state index in [9.17, 15) is 67.3 Å². The molecule has 1 fully saturated rings. The molecule has 0 spiro atoms. The number of thiol groups is 1. The van der Waals surface area contributed by atoms with E-state index in [1.165, 1.54) is 24.3 Å². The zero-order valence-corrected chi connectivity index (χ0v) is 67.5. The highest BCUT2D eigenvalue weighted by Crippen LogP contribution is 2.43. The van der Waals surface area contributed by atoms with Crippen LogP contribution in [0.15, 0.2) is 118 Å². The van der Waals surface area contributed by atoms with Gasteiger partial charge in [-0.3, -0.25) is 33.6 Å². The summed E-state index contributed by atoms with van der Waals surface area (Å²) < 4.78 is 100. The van der Waals surface area contributed by atoms with Crippen molar-refractivity contribution in [2.24, 2.45) is 11.8 Å². The van der Waals surface area contributed by atoms with Gasteiger partial charge in [-0.15, -0.1) is 11.8 Å². The van der Waals surface area contributed by atoms with Crippen LogP contribution in [0, 0.1) is 23.5 Å². The van der Waals surface area contributed by atoms with Crippen molar-refractivity contribution in [2.75, 3.05) is 175 Å². The first kappa shape index (κ1) is 99.9. The Kier molecular flexibility index (Phi) is 50.7. The Morgan fingerprint density at radius 3 is 1.31 bits per heavy atom. The number of phenols is 1. The number of aliphatic carboxylic acids is 2. The molecular weight excluding hydrogens is 1580 g/mol. The summed E-state index contributed by atoms with van der Waals surface area (Å²) in [6.07, 6.45) is 3.29. The lowest BCUT2D eigenvalue weighted by Gasteiger charge is -2.21. The highest BCUT2D eigenvalue weighted by atomic mass is 32.2. The van der Waals surface area contributed by atoms with E-state index in [0.717, 1.165) is 64.9 Å². The number of phenolic OH excluding ortho intramolecular Hbond substituents is 1. The number of ether oxygens (including phenoxy) is 12. The second-order valence-electron chi connectivity index (χ2n) is 26.2. The normalized spacial score (nSPS) is 13.6. The molecule has 2 heterocycles. The minimum absolute atomic E-state index is 0.00426. The fourth-order valence-corrected chi connectivity index (χ4v) is 12.8. The van der Waals surface area contributed by atoms with Crippen LogP contribution in [0.5, 0.6) is 5.75 Å². The molecule has 0 saturated carbocycles. The van der Waals surface area contributed by atoms with Crippen molar-refractivity contribution in [3.05, 3.63) is 142 Å². The Bertz CT molecular complexity index is 4020. The number of amides is 4. The molecule has 640 valence electrons. The number of nitrogens with one attached hydrogen (secondary N) is 2. The summed E-state index contributed by atoms with van der Waals surface area (Å²) in [6.45, 7) is 10.0. The molecule has 3 aliphatic rings. The number of carbonyl (C=O) groups is 8. The Hall–Kier alpha value is -8.68. The Balaban J connectivity index is 0.000000468. The molecule has 5 N–H and O–H groups in total. The number of halogens is 2. The number of nitrogens with zero attached hydrogens (tertiary/aromatic N) is 1. The zero-order valence-electron chi connectivity index (χ0n) is 65.8. The highest BCUT2D eigenvalue weighted by molar-refractivity contribution is 8.00. The number of thioether (sulfide) groups is 1. The average Bonchev–Trinajstić information content (AvgIpc) is 0.759. The summed E-state index contributed by atoms with van der Waals surface area (Å²) in [7, 11) is 10.8. The van der Waals surface area contributed by atoms with E-state index in [0.29, 0.717) is 157 Å². The van der Waals surface area contributed by atoms with Gasteiger partial charge in [-0.05, 0) is 66.6 Å². The number of anilines is 1. The SMILES string of the molecule is O=C=O.[B]CCCOCCOCCOCCOCCOCCOCCC(=O)C[C@@H](Cc1ccccc1)C(=O)N[C@@H](CS)C(=O)O.[B]CCCOCCOCCOCCOCCOCCOCCC(=O)C[C@@H](Cc1ccccc1)C(=O)N[C@@H](CSC1CC(=O)N(c2ccc(-c3c4cc(F)c(=O)cc-4oc4cc(O)c(F)cc34)cc2)C1=O)C(=O)O. The maximum Gasteiger partial charge on any atom is 0.373 e. The van der Waals surface area contributed by atoms with Gasteiger partial charge in [0, 0.05) is 97.3 Å². The number of Topliss-reactive ketones (excluding diaryl/α,β-unsaturated/α-hetero) is 2. The fraction of sp³-hybridized carbons (Fsp3) is 0.512. The van der Waals surface area contributed by atoms with E-state index < -0.39 is 87.5 Å². The zero-order chi connectivity index (χ0) is 85.5. The Labute approximate surface area is 695 Å². The summed E-state index contributed by atoms with van der Waals surface area (Å²) in [5.74, 6) is -10.1. The largest absolute Gasteiger partial charge is 0.505 e. The molecule has 2 aliphatic heterocycles. The van der Waals surface area contributed by atoms with Crippen molar-refractivity contribution in [3.63, 3.8) is 0 Å². The van der Waals surface area contributed by atoms with Crippen LogP contribution in [-0.4, -0.2) is 272 Å². The molecule has 36 heteroatoms. The summed E-state index contributed by atoms with van der Waals surface area (Å²) in [6, 6.07) is 25.5. The second kappa shape index (κ2) is 59.9. The highest BCUT2D eigenvalue weighted by Gasteiger charge is 2.41. The van der Waals surface area contributed by atoms with Crippen molar-refractivity contribution in [1.82, 2.24) is 10.6 Å². The lowest BCUT2D eigenvalue weighted by atomic mass is 9.92. The minimum atomic E-state index is -1.48. The van der Waals surface area contributed by atoms with Crippen LogP contribution in [0.4, 0.5) is 14.5 Å². The van der Waals surface area contributed by atoms with Crippen LogP contribution in [0.1, 0.15) is 56.1 Å². The van der Waals surface area contributed by atoms with E-state index in [2.05, 4.69) is 23.3 Å². The number of benzene rings is 5. The number of hydrogen-bond donors (Lipinski definition) is 6. The maximum atomic E-state index is 14.6. The molecule has 7 rings (SSSR count). The number of rotatable bonds is 62. The van der Waals surface area contributed by atoms with Crippen LogP contribution in [0.25, 0.3) is 33.4 Å². The van der Waals surface area contributed by atoms with E-state index in [1.807, 2.05) is 30.3 Å². The number of aromatic hydroxyl groups is 1. The van der Waals surface area contributed by atoms with Gasteiger partial charge in [0.1, 0.15) is 35.0 Å². The monoisotopic (exact) mass is 1690 g/mol. The van der Waals surface area contributed by atoms with Crippen molar-refractivity contribution in [3.8, 4) is 28.2 Å². The Morgan fingerprint density at radius 2 is 0.924 bits per heavy atom. The number of carboxylic acids is 2. The van der Waals surface area contributed by atoms with Gasteiger partial charge in [0.2, 0.25) is 29.1 Å². The first-order valence-corrected chi connectivity index (χ1v) is 40.2. The fourth-order valence-electron chi connectivity index (χ4n) is 11.4. The number of carbonyl (C=O) groups excluding carboxylic acids is 8. The van der Waals surface area contributed by atoms with Crippen molar-refractivity contribution < 1.29 is 133 Å². The summed E-state index contributed by atoms with van der Waals surface area (Å²) in [4.78, 5) is 132. The molecule has 4 aromatic carbocycles. The third-order valence-electron chi connectivity index (χ3n) is 17.3. The van der Waals surface area contributed by atoms with Crippen LogP contribution < -0.4 is 21.0 Å². The topological polar surface area (TPSA) is 400 Å². The smallest absolute Gasteiger partial charge is 0.373 e. The molecule has 1 aliphatic carbocycles. The molecule has 1 unspecified atom stereocenters. The molecule has 1 saturated heterocycles. The summed E-state index contributed by atoms with van der Waals surface area (Å²) in [5.41, 5.74) is 1.62. The van der Waals surface area contributed by atoms with Gasteiger partial charge >= 0.3 is 18.1 Å². The molecule has 4 amide bonds. The number of ketones is 2. The molecule has 0 aromatic heterocycles. The lowest BCUT2D eigenvalue weighted by molar-refractivity contribution is -0.192. The second-order valence-corrected chi connectivity index (χ2v) is 27.8. The van der Waals surface area contributed by atoms with Gasteiger partial charge in [-0.25, -0.2) is 23.3 Å². The summed E-state index contributed by atoms with van der Waals surface area (Å²) in [5, 5.41) is 33.6. The van der Waals surface area contributed by atoms with Gasteiger partial charge in [0.15, 0.2) is 17.4 Å². The predicted octanol–water partition coefficient (Wildman–Crippen LogP) is 6.95. The van der Waals surface area contributed by atoms with Crippen LogP contribution >= 0.6 is 24.4 Å².